The van der Waals surface area contributed by atoms with Gasteiger partial charge in [-0.05, 0) is 33.4 Å². The van der Waals surface area contributed by atoms with E-state index < -0.39 is 5.97 Å². The molecule has 0 aliphatic heterocycles. The first-order chi connectivity index (χ1) is 9.27. The van der Waals surface area contributed by atoms with Gasteiger partial charge in [-0.1, -0.05) is 13.8 Å². The molecule has 1 atom stereocenters. The maximum absolute atomic E-state index is 11.7. The highest BCUT2D eigenvalue weighted by atomic mass is 16.5. The molecule has 1 unspecified atom stereocenters. The van der Waals surface area contributed by atoms with Gasteiger partial charge in [0.25, 0.3) is 0 Å². The second kappa shape index (κ2) is 6.74. The van der Waals surface area contributed by atoms with E-state index in [9.17, 15) is 4.79 Å². The Morgan fingerprint density at radius 1 is 1.45 bits per heavy atom. The summed E-state index contributed by atoms with van der Waals surface area (Å²) < 4.78 is 6.67. The minimum atomic E-state index is -0.488. The van der Waals surface area contributed by atoms with E-state index in [1.54, 1.807) is 0 Å². The second-order valence-corrected chi connectivity index (χ2v) is 5.80. The summed E-state index contributed by atoms with van der Waals surface area (Å²) in [6.07, 6.45) is 0.972. The number of nitrogen functional groups attached to an aromatic ring is 1. The van der Waals surface area contributed by atoms with Gasteiger partial charge in [0.05, 0.1) is 7.11 Å². The predicted octanol–water partition coefficient (Wildman–Crippen LogP) is 1.71. The lowest BCUT2D eigenvalue weighted by Gasteiger charge is -2.26. The molecule has 6 nitrogen and oxygen atoms in total. The number of rotatable bonds is 6. The van der Waals surface area contributed by atoms with Crippen LogP contribution in [-0.2, 0) is 4.74 Å². The van der Waals surface area contributed by atoms with E-state index in [-0.39, 0.29) is 11.7 Å². The quantitative estimate of drug-likeness (QED) is 0.804. The Morgan fingerprint density at radius 2 is 2.05 bits per heavy atom. The highest BCUT2D eigenvalue weighted by Crippen LogP contribution is 2.26. The molecule has 1 heterocycles. The summed E-state index contributed by atoms with van der Waals surface area (Å²) in [6.45, 7) is 7.06. The van der Waals surface area contributed by atoms with E-state index in [1.807, 2.05) is 25.6 Å². The number of likely N-dealkylation sites (N-methyl/N-ethyl adjacent to an activating group) is 1. The molecule has 114 valence electrons. The number of carbonyl (C=O) groups is 1. The summed E-state index contributed by atoms with van der Waals surface area (Å²) in [6, 6.07) is 0.191. The first-order valence-corrected chi connectivity index (χ1v) is 6.85. The Labute approximate surface area is 120 Å². The molecule has 0 radical (unpaired) electrons. The molecule has 1 aromatic heterocycles. The molecule has 1 rings (SSSR count). The molecule has 0 saturated carbocycles. The summed E-state index contributed by atoms with van der Waals surface area (Å²) in [4.78, 5) is 18.1. The number of ether oxygens (including phenoxy) is 1. The molecule has 0 bridgehead atoms. The molecule has 0 spiro atoms. The van der Waals surface area contributed by atoms with Gasteiger partial charge in [0.15, 0.2) is 5.69 Å². The number of anilines is 1. The van der Waals surface area contributed by atoms with E-state index in [0.29, 0.717) is 11.7 Å². The van der Waals surface area contributed by atoms with Crippen molar-refractivity contribution in [3.05, 3.63) is 11.5 Å². The number of hydrogen-bond acceptors (Lipinski definition) is 5. The van der Waals surface area contributed by atoms with E-state index in [0.717, 1.165) is 18.8 Å². The highest BCUT2D eigenvalue weighted by Gasteiger charge is 2.24. The first kappa shape index (κ1) is 16.5. The molecular formula is C14H26N4O2. The third-order valence-electron chi connectivity index (χ3n) is 3.19. The Hall–Kier alpha value is -1.56. The third kappa shape index (κ3) is 3.72. The van der Waals surface area contributed by atoms with Crippen LogP contribution in [0.25, 0.3) is 0 Å². The lowest BCUT2D eigenvalue weighted by molar-refractivity contribution is 0.0595. The summed E-state index contributed by atoms with van der Waals surface area (Å²) >= 11 is 0. The van der Waals surface area contributed by atoms with Crippen molar-refractivity contribution in [3.8, 4) is 0 Å². The van der Waals surface area contributed by atoms with Gasteiger partial charge < -0.3 is 19.9 Å². The molecule has 0 saturated heterocycles. The lowest BCUT2D eigenvalue weighted by Crippen LogP contribution is -2.27. The van der Waals surface area contributed by atoms with Crippen LogP contribution in [0.1, 0.15) is 42.6 Å². The van der Waals surface area contributed by atoms with Crippen molar-refractivity contribution in [2.45, 2.75) is 33.2 Å². The molecule has 0 amide bonds. The van der Waals surface area contributed by atoms with Gasteiger partial charge in [-0.2, -0.15) is 0 Å². The Bertz CT molecular complexity index is 456. The van der Waals surface area contributed by atoms with Crippen molar-refractivity contribution in [1.82, 2.24) is 14.5 Å². The number of aryl methyl sites for hydroxylation is 1. The number of imidazole rings is 1. The van der Waals surface area contributed by atoms with Crippen molar-refractivity contribution in [2.75, 3.05) is 33.5 Å². The summed E-state index contributed by atoms with van der Waals surface area (Å²) in [5.41, 5.74) is 6.32. The largest absolute Gasteiger partial charge is 0.464 e. The van der Waals surface area contributed by atoms with E-state index >= 15 is 0 Å². The van der Waals surface area contributed by atoms with Crippen LogP contribution in [0.4, 0.5) is 5.82 Å². The fourth-order valence-electron chi connectivity index (χ4n) is 2.50. The Balaban J connectivity index is 3.19. The van der Waals surface area contributed by atoms with Crippen molar-refractivity contribution in [1.29, 1.82) is 0 Å². The molecule has 0 fully saturated rings. The second-order valence-electron chi connectivity index (χ2n) is 5.80. The van der Waals surface area contributed by atoms with Crippen molar-refractivity contribution in [2.24, 2.45) is 5.92 Å². The van der Waals surface area contributed by atoms with Gasteiger partial charge in [-0.25, -0.2) is 9.78 Å². The molecule has 2 N–H and O–H groups in total. The SMILES string of the molecule is COC(=O)c1nc(C)n(C(CC(C)C)CN(C)C)c1N. The summed E-state index contributed by atoms with van der Waals surface area (Å²) in [7, 11) is 5.38. The van der Waals surface area contributed by atoms with Crippen LogP contribution in [0.3, 0.4) is 0 Å². The van der Waals surface area contributed by atoms with Gasteiger partial charge in [-0.3, -0.25) is 0 Å². The van der Waals surface area contributed by atoms with Crippen molar-refractivity contribution in [3.63, 3.8) is 0 Å². The average Bonchev–Trinajstić information content (AvgIpc) is 2.62. The monoisotopic (exact) mass is 282 g/mol. The zero-order valence-corrected chi connectivity index (χ0v) is 13.3. The molecule has 0 aliphatic carbocycles. The van der Waals surface area contributed by atoms with E-state index in [4.69, 9.17) is 10.5 Å². The topological polar surface area (TPSA) is 73.4 Å². The normalized spacial score (nSPS) is 13.0. The van der Waals surface area contributed by atoms with Gasteiger partial charge in [-0.15, -0.1) is 0 Å². The first-order valence-electron chi connectivity index (χ1n) is 6.85. The number of nitrogens with two attached hydrogens (primary N) is 1. The van der Waals surface area contributed by atoms with Crippen LogP contribution in [0.15, 0.2) is 0 Å². The fourth-order valence-corrected chi connectivity index (χ4v) is 2.50. The van der Waals surface area contributed by atoms with Crippen molar-refractivity contribution >= 4 is 11.8 Å². The fraction of sp³-hybridized carbons (Fsp3) is 0.714. The number of methoxy groups -OCH3 is 1. The van der Waals surface area contributed by atoms with Crippen LogP contribution >= 0.6 is 0 Å². The maximum atomic E-state index is 11.7. The number of nitrogens with zero attached hydrogens (tertiary/aromatic N) is 3. The van der Waals surface area contributed by atoms with E-state index in [2.05, 4.69) is 23.7 Å². The smallest absolute Gasteiger partial charge is 0.360 e. The Kier molecular flexibility index (Phi) is 5.56. The Morgan fingerprint density at radius 3 is 2.50 bits per heavy atom. The standard InChI is InChI=1S/C14H26N4O2/c1-9(2)7-11(8-17(4)5)18-10(3)16-12(13(18)15)14(19)20-6/h9,11H,7-8,15H2,1-6H3. The molecule has 1 aromatic rings. The van der Waals surface area contributed by atoms with Crippen LogP contribution in [0.2, 0.25) is 0 Å². The minimum Gasteiger partial charge on any atom is -0.464 e. The maximum Gasteiger partial charge on any atom is 0.360 e. The zero-order valence-electron chi connectivity index (χ0n) is 13.3. The zero-order chi connectivity index (χ0) is 15.4. The summed E-state index contributed by atoms with van der Waals surface area (Å²) in [5.74, 6) is 1.18. The number of esters is 1. The van der Waals surface area contributed by atoms with Crippen LogP contribution in [0.5, 0.6) is 0 Å². The molecule has 0 aliphatic rings. The van der Waals surface area contributed by atoms with Gasteiger partial charge in [0, 0.05) is 12.6 Å². The van der Waals surface area contributed by atoms with Crippen molar-refractivity contribution < 1.29 is 9.53 Å². The number of carbonyl (C=O) groups excluding carboxylic acids is 1. The van der Waals surface area contributed by atoms with Gasteiger partial charge in [0.2, 0.25) is 0 Å². The molecular weight excluding hydrogens is 256 g/mol. The number of hydrogen-bond donors (Lipinski definition) is 1. The van der Waals surface area contributed by atoms with Gasteiger partial charge >= 0.3 is 5.97 Å². The van der Waals surface area contributed by atoms with Crippen LogP contribution in [0, 0.1) is 12.8 Å². The summed E-state index contributed by atoms with van der Waals surface area (Å²) in [5, 5.41) is 0. The third-order valence-corrected chi connectivity index (χ3v) is 3.19. The molecule has 6 heteroatoms. The van der Waals surface area contributed by atoms with Gasteiger partial charge in [0.1, 0.15) is 11.6 Å². The predicted molar refractivity (Wildman–Crippen MR) is 79.8 cm³/mol. The van der Waals surface area contributed by atoms with Crippen LogP contribution < -0.4 is 5.73 Å². The number of aromatic nitrogens is 2. The highest BCUT2D eigenvalue weighted by molar-refractivity contribution is 5.92. The van der Waals surface area contributed by atoms with Crippen LogP contribution in [-0.4, -0.2) is 48.2 Å². The molecule has 20 heavy (non-hydrogen) atoms. The minimum absolute atomic E-state index is 0.191. The lowest BCUT2D eigenvalue weighted by atomic mass is 10.0. The average molecular weight is 282 g/mol. The van der Waals surface area contributed by atoms with E-state index in [1.165, 1.54) is 7.11 Å². The molecule has 0 aromatic carbocycles.